The predicted octanol–water partition coefficient (Wildman–Crippen LogP) is 1.88. The van der Waals surface area contributed by atoms with E-state index in [1.165, 1.54) is 11.1 Å². The van der Waals surface area contributed by atoms with Crippen molar-refractivity contribution in [2.45, 2.75) is 51.2 Å². The largest absolute Gasteiger partial charge is 0.338 e. The highest BCUT2D eigenvalue weighted by atomic mass is 16.2. The number of hydrogen-bond acceptors (Lipinski definition) is 4. The summed E-state index contributed by atoms with van der Waals surface area (Å²) < 4.78 is 1.73. The SMILES string of the molecule is O=C(c1cn(CC2CCCN2C(=O)C2CC2)nn1)N1CCc2ccccc2C1. The molecule has 28 heavy (non-hydrogen) atoms. The highest BCUT2D eigenvalue weighted by Gasteiger charge is 2.38. The fourth-order valence-corrected chi connectivity index (χ4v) is 4.41. The maximum absolute atomic E-state index is 12.9. The van der Waals surface area contributed by atoms with Gasteiger partial charge in [-0.1, -0.05) is 29.5 Å². The third-order valence-electron chi connectivity index (χ3n) is 6.16. The second-order valence-corrected chi connectivity index (χ2v) is 8.17. The van der Waals surface area contributed by atoms with Crippen LogP contribution in [-0.2, 0) is 24.3 Å². The molecule has 2 aliphatic heterocycles. The molecule has 1 atom stereocenters. The van der Waals surface area contributed by atoms with Gasteiger partial charge in [-0.15, -0.1) is 5.10 Å². The van der Waals surface area contributed by atoms with Crippen LogP contribution in [0.15, 0.2) is 30.5 Å². The molecule has 3 aliphatic rings. The molecule has 7 heteroatoms. The molecule has 5 rings (SSSR count). The van der Waals surface area contributed by atoms with Crippen LogP contribution in [0, 0.1) is 5.92 Å². The number of benzene rings is 1. The summed E-state index contributed by atoms with van der Waals surface area (Å²) in [5.41, 5.74) is 2.91. The summed E-state index contributed by atoms with van der Waals surface area (Å²) in [5, 5.41) is 8.30. The average molecular weight is 379 g/mol. The molecule has 1 aliphatic carbocycles. The highest BCUT2D eigenvalue weighted by molar-refractivity contribution is 5.92. The lowest BCUT2D eigenvalue weighted by atomic mass is 10.00. The molecule has 3 heterocycles. The van der Waals surface area contributed by atoms with Crippen molar-refractivity contribution in [1.82, 2.24) is 24.8 Å². The summed E-state index contributed by atoms with van der Waals surface area (Å²) in [6.07, 6.45) is 6.70. The van der Waals surface area contributed by atoms with Crippen molar-refractivity contribution in [2.75, 3.05) is 13.1 Å². The predicted molar refractivity (Wildman–Crippen MR) is 102 cm³/mol. The minimum absolute atomic E-state index is 0.0712. The fourth-order valence-electron chi connectivity index (χ4n) is 4.41. The number of nitrogens with zero attached hydrogens (tertiary/aromatic N) is 5. The quantitative estimate of drug-likeness (QED) is 0.813. The Morgan fingerprint density at radius 3 is 2.71 bits per heavy atom. The Labute approximate surface area is 164 Å². The fraction of sp³-hybridized carbons (Fsp3) is 0.524. The maximum atomic E-state index is 12.9. The van der Waals surface area contributed by atoms with Crippen molar-refractivity contribution in [2.24, 2.45) is 5.92 Å². The molecule has 0 N–H and O–H groups in total. The molecular weight excluding hydrogens is 354 g/mol. The van der Waals surface area contributed by atoms with E-state index in [2.05, 4.69) is 22.4 Å². The van der Waals surface area contributed by atoms with Gasteiger partial charge in [-0.05, 0) is 43.2 Å². The molecule has 2 aromatic rings. The lowest BCUT2D eigenvalue weighted by Crippen LogP contribution is -2.39. The first kappa shape index (κ1) is 17.4. The zero-order chi connectivity index (χ0) is 19.1. The van der Waals surface area contributed by atoms with Gasteiger partial charge in [0.1, 0.15) is 0 Å². The molecule has 1 aromatic carbocycles. The van der Waals surface area contributed by atoms with E-state index < -0.39 is 0 Å². The minimum atomic E-state index is -0.0712. The van der Waals surface area contributed by atoms with Crippen LogP contribution in [0.3, 0.4) is 0 Å². The number of amides is 2. The van der Waals surface area contributed by atoms with Crippen molar-refractivity contribution in [3.63, 3.8) is 0 Å². The molecular formula is C21H25N5O2. The number of fused-ring (bicyclic) bond motifs is 1. The van der Waals surface area contributed by atoms with Crippen LogP contribution in [0.1, 0.15) is 47.3 Å². The van der Waals surface area contributed by atoms with Crippen molar-refractivity contribution in [3.8, 4) is 0 Å². The van der Waals surface area contributed by atoms with Gasteiger partial charge in [-0.2, -0.15) is 0 Å². The summed E-state index contributed by atoms with van der Waals surface area (Å²) in [6.45, 7) is 2.78. The van der Waals surface area contributed by atoms with Gasteiger partial charge in [-0.25, -0.2) is 4.68 Å². The van der Waals surface area contributed by atoms with Gasteiger partial charge in [0.2, 0.25) is 5.91 Å². The summed E-state index contributed by atoms with van der Waals surface area (Å²) in [6, 6.07) is 8.43. The van der Waals surface area contributed by atoms with Crippen LogP contribution < -0.4 is 0 Å². The van der Waals surface area contributed by atoms with Crippen molar-refractivity contribution in [3.05, 3.63) is 47.3 Å². The number of rotatable bonds is 4. The Bertz CT molecular complexity index is 904. The topological polar surface area (TPSA) is 71.3 Å². The normalized spacial score (nSPS) is 21.6. The van der Waals surface area contributed by atoms with Gasteiger partial charge < -0.3 is 9.80 Å². The third kappa shape index (κ3) is 3.30. The van der Waals surface area contributed by atoms with E-state index in [1.807, 2.05) is 21.9 Å². The van der Waals surface area contributed by atoms with Gasteiger partial charge in [0.05, 0.1) is 18.8 Å². The second-order valence-electron chi connectivity index (χ2n) is 8.17. The Morgan fingerprint density at radius 2 is 1.89 bits per heavy atom. The standard InChI is InChI=1S/C21H25N5O2/c27-20(16-7-8-16)26-10-3-6-18(26)13-25-14-19(22-23-25)21(28)24-11-9-15-4-1-2-5-17(15)12-24/h1-2,4-5,14,16,18H,3,6-13H2. The van der Waals surface area contributed by atoms with Crippen LogP contribution in [-0.4, -0.2) is 55.7 Å². The maximum Gasteiger partial charge on any atom is 0.276 e. The molecule has 1 aromatic heterocycles. The van der Waals surface area contributed by atoms with Crippen LogP contribution in [0.25, 0.3) is 0 Å². The monoisotopic (exact) mass is 379 g/mol. The van der Waals surface area contributed by atoms with E-state index >= 15 is 0 Å². The van der Waals surface area contributed by atoms with E-state index in [-0.39, 0.29) is 17.9 Å². The van der Waals surface area contributed by atoms with Crippen LogP contribution in [0.4, 0.5) is 0 Å². The van der Waals surface area contributed by atoms with Gasteiger partial charge >= 0.3 is 0 Å². The molecule has 0 radical (unpaired) electrons. The summed E-state index contributed by atoms with van der Waals surface area (Å²) in [5.74, 6) is 0.472. The Hall–Kier alpha value is -2.70. The van der Waals surface area contributed by atoms with E-state index in [0.29, 0.717) is 31.2 Å². The number of aromatic nitrogens is 3. The highest BCUT2D eigenvalue weighted by Crippen LogP contribution is 2.34. The number of carbonyl (C=O) groups is 2. The van der Waals surface area contributed by atoms with Crippen molar-refractivity contribution < 1.29 is 9.59 Å². The van der Waals surface area contributed by atoms with Crippen LogP contribution in [0.5, 0.6) is 0 Å². The molecule has 2 amide bonds. The first-order chi connectivity index (χ1) is 13.7. The third-order valence-corrected chi connectivity index (χ3v) is 6.16. The van der Waals surface area contributed by atoms with Crippen LogP contribution >= 0.6 is 0 Å². The summed E-state index contributed by atoms with van der Waals surface area (Å²) in [7, 11) is 0. The summed E-state index contributed by atoms with van der Waals surface area (Å²) in [4.78, 5) is 29.2. The van der Waals surface area contributed by atoms with Gasteiger partial charge in [0, 0.05) is 25.6 Å². The van der Waals surface area contributed by atoms with E-state index in [4.69, 9.17) is 0 Å². The zero-order valence-electron chi connectivity index (χ0n) is 16.0. The first-order valence-electron chi connectivity index (χ1n) is 10.3. The number of likely N-dealkylation sites (tertiary alicyclic amines) is 1. The smallest absolute Gasteiger partial charge is 0.276 e. The van der Waals surface area contributed by atoms with Crippen LogP contribution in [0.2, 0.25) is 0 Å². The zero-order valence-corrected chi connectivity index (χ0v) is 16.0. The van der Waals surface area contributed by atoms with Crippen molar-refractivity contribution in [1.29, 1.82) is 0 Å². The number of carbonyl (C=O) groups excluding carboxylic acids is 2. The average Bonchev–Trinajstić information content (AvgIpc) is 3.31. The molecule has 0 bridgehead atoms. The minimum Gasteiger partial charge on any atom is -0.338 e. The lowest BCUT2D eigenvalue weighted by molar-refractivity contribution is -0.133. The van der Waals surface area contributed by atoms with Gasteiger partial charge in [0.25, 0.3) is 5.91 Å². The number of hydrogen-bond donors (Lipinski definition) is 0. The molecule has 146 valence electrons. The molecule has 1 saturated carbocycles. The summed E-state index contributed by atoms with van der Waals surface area (Å²) >= 11 is 0. The Morgan fingerprint density at radius 1 is 1.07 bits per heavy atom. The Kier molecular flexibility index (Phi) is 4.37. The molecule has 0 spiro atoms. The van der Waals surface area contributed by atoms with E-state index in [9.17, 15) is 9.59 Å². The molecule has 1 saturated heterocycles. The Balaban J connectivity index is 1.25. The van der Waals surface area contributed by atoms with Gasteiger partial charge in [-0.3, -0.25) is 9.59 Å². The van der Waals surface area contributed by atoms with E-state index in [0.717, 1.165) is 38.6 Å². The second kappa shape index (κ2) is 7.04. The van der Waals surface area contributed by atoms with E-state index in [1.54, 1.807) is 10.9 Å². The molecule has 7 nitrogen and oxygen atoms in total. The van der Waals surface area contributed by atoms with Crippen molar-refractivity contribution >= 4 is 11.8 Å². The van der Waals surface area contributed by atoms with Gasteiger partial charge in [0.15, 0.2) is 5.69 Å². The molecule has 2 fully saturated rings. The lowest BCUT2D eigenvalue weighted by Gasteiger charge is -2.28. The first-order valence-corrected chi connectivity index (χ1v) is 10.3. The molecule has 1 unspecified atom stereocenters.